The molecule has 56 heavy (non-hydrogen) atoms. The molecule has 0 radical (unpaired) electrons. The highest BCUT2D eigenvalue weighted by Crippen LogP contribution is 2.37. The fourth-order valence-electron chi connectivity index (χ4n) is 7.23. The molecular formula is C39H38N12O5. The standard InChI is InChI=1S/C39H38N12O5/c1-6-50-28(14-20(3)46-50)36-42-19-26-24-16-22(34(40)52)17-30(55-5)31(24)48(37(26)44-36)11-8-9-12-49-32-27(18-25(35(41)53)23-10-13-56-33(23)32)43-39(49)45-38(54)29-15-21(4)47-51(29)7-2/h8-10,13-19H,6-7,11-12H2,1-5H3,(H2,40,52)(H2,41,53)(H,43,45,54)/b9-8+. The molecule has 0 aliphatic carbocycles. The molecule has 0 aliphatic rings. The van der Waals surface area contributed by atoms with E-state index < -0.39 is 17.7 Å². The Balaban J connectivity index is 1.24. The number of nitrogens with zero attached hydrogens (tertiary/aromatic N) is 9. The van der Waals surface area contributed by atoms with Crippen LogP contribution in [0.4, 0.5) is 5.95 Å². The maximum absolute atomic E-state index is 13.7. The molecule has 0 saturated carbocycles. The van der Waals surface area contributed by atoms with E-state index in [0.29, 0.717) is 86.5 Å². The molecule has 284 valence electrons. The second kappa shape index (κ2) is 13.8. The molecule has 8 rings (SSSR count). The first-order valence-electron chi connectivity index (χ1n) is 17.9. The number of benzene rings is 2. The second-order valence-electron chi connectivity index (χ2n) is 13.2. The second-order valence-corrected chi connectivity index (χ2v) is 13.2. The first kappa shape index (κ1) is 35.7. The largest absolute Gasteiger partial charge is 0.495 e. The van der Waals surface area contributed by atoms with Crippen LogP contribution in [0.25, 0.3) is 55.5 Å². The normalized spacial score (nSPS) is 11.9. The van der Waals surface area contributed by atoms with Gasteiger partial charge in [0.25, 0.3) is 5.91 Å². The van der Waals surface area contributed by atoms with E-state index in [1.807, 2.05) is 55.2 Å². The number of carbonyl (C=O) groups is 3. The van der Waals surface area contributed by atoms with Crippen LogP contribution in [0.2, 0.25) is 0 Å². The molecule has 3 amide bonds. The lowest BCUT2D eigenvalue weighted by atomic mass is 10.1. The number of anilines is 1. The molecule has 17 heteroatoms. The predicted octanol–water partition coefficient (Wildman–Crippen LogP) is 5.11. The monoisotopic (exact) mass is 754 g/mol. The average Bonchev–Trinajstić information content (AvgIpc) is 4.01. The number of hydrogen-bond acceptors (Lipinski definition) is 10. The maximum atomic E-state index is 13.7. The Bertz CT molecular complexity index is 2920. The van der Waals surface area contributed by atoms with Crippen LogP contribution in [-0.4, -0.2) is 68.5 Å². The number of primary amides is 2. The van der Waals surface area contributed by atoms with Crippen molar-refractivity contribution in [1.29, 1.82) is 0 Å². The molecule has 0 bridgehead atoms. The van der Waals surface area contributed by atoms with Gasteiger partial charge in [-0.05, 0) is 64.1 Å². The van der Waals surface area contributed by atoms with Crippen molar-refractivity contribution in [2.45, 2.75) is 53.9 Å². The minimum Gasteiger partial charge on any atom is -0.495 e. The van der Waals surface area contributed by atoms with Crippen LogP contribution >= 0.6 is 0 Å². The van der Waals surface area contributed by atoms with Gasteiger partial charge < -0.3 is 29.8 Å². The Hall–Kier alpha value is -7.30. The van der Waals surface area contributed by atoms with E-state index in [-0.39, 0.29) is 23.6 Å². The smallest absolute Gasteiger partial charge is 0.276 e. The molecule has 0 saturated heterocycles. The van der Waals surface area contributed by atoms with E-state index >= 15 is 0 Å². The Morgan fingerprint density at radius 1 is 0.857 bits per heavy atom. The fourth-order valence-corrected chi connectivity index (χ4v) is 7.23. The van der Waals surface area contributed by atoms with Gasteiger partial charge in [-0.1, -0.05) is 12.2 Å². The van der Waals surface area contributed by atoms with E-state index in [1.54, 1.807) is 45.8 Å². The molecule has 2 aromatic carbocycles. The van der Waals surface area contributed by atoms with Gasteiger partial charge in [-0.3, -0.25) is 29.1 Å². The summed E-state index contributed by atoms with van der Waals surface area (Å²) in [6.45, 7) is 9.32. The Morgan fingerprint density at radius 3 is 2.30 bits per heavy atom. The number of methoxy groups -OCH3 is 1. The first-order valence-corrected chi connectivity index (χ1v) is 17.9. The molecule has 6 heterocycles. The molecule has 17 nitrogen and oxygen atoms in total. The highest BCUT2D eigenvalue weighted by molar-refractivity contribution is 6.14. The number of carbonyl (C=O) groups excluding carboxylic acids is 3. The lowest BCUT2D eigenvalue weighted by molar-refractivity contribution is 0.0992. The van der Waals surface area contributed by atoms with Crippen LogP contribution in [0.1, 0.15) is 56.4 Å². The molecule has 8 aromatic rings. The summed E-state index contributed by atoms with van der Waals surface area (Å²) in [4.78, 5) is 52.9. The fraction of sp³-hybridized carbons (Fsp3) is 0.231. The van der Waals surface area contributed by atoms with Gasteiger partial charge in [0.15, 0.2) is 11.4 Å². The molecule has 0 unspecified atom stereocenters. The summed E-state index contributed by atoms with van der Waals surface area (Å²) >= 11 is 0. The van der Waals surface area contributed by atoms with E-state index in [2.05, 4.69) is 15.5 Å². The summed E-state index contributed by atoms with van der Waals surface area (Å²) in [5.41, 5.74) is 17.4. The van der Waals surface area contributed by atoms with E-state index in [4.69, 9.17) is 35.6 Å². The van der Waals surface area contributed by atoms with Gasteiger partial charge >= 0.3 is 0 Å². The van der Waals surface area contributed by atoms with Gasteiger partial charge in [0.05, 0.1) is 41.4 Å². The van der Waals surface area contributed by atoms with Crippen LogP contribution in [0.5, 0.6) is 5.75 Å². The lowest BCUT2D eigenvalue weighted by Crippen LogP contribution is -2.19. The zero-order valence-corrected chi connectivity index (χ0v) is 31.3. The van der Waals surface area contributed by atoms with Crippen molar-refractivity contribution in [2.24, 2.45) is 11.5 Å². The van der Waals surface area contributed by atoms with Crippen LogP contribution in [0.15, 0.2) is 65.4 Å². The molecule has 0 aliphatic heterocycles. The number of amides is 3. The topological polar surface area (TPSA) is 222 Å². The summed E-state index contributed by atoms with van der Waals surface area (Å²) < 4.78 is 19.0. The van der Waals surface area contributed by atoms with Gasteiger partial charge in [0.2, 0.25) is 17.8 Å². The summed E-state index contributed by atoms with van der Waals surface area (Å²) in [6, 6.07) is 10.3. The molecule has 0 spiro atoms. The summed E-state index contributed by atoms with van der Waals surface area (Å²) in [5.74, 6) is -0.466. The number of nitrogens with two attached hydrogens (primary N) is 2. The van der Waals surface area contributed by atoms with Crippen molar-refractivity contribution in [3.8, 4) is 17.3 Å². The highest BCUT2D eigenvalue weighted by atomic mass is 16.5. The van der Waals surface area contributed by atoms with E-state index in [9.17, 15) is 14.4 Å². The lowest BCUT2D eigenvalue weighted by Gasteiger charge is -2.11. The van der Waals surface area contributed by atoms with Gasteiger partial charge in [0.1, 0.15) is 28.3 Å². The molecular weight excluding hydrogens is 717 g/mol. The van der Waals surface area contributed by atoms with Crippen molar-refractivity contribution in [1.82, 2.24) is 43.6 Å². The number of hydrogen-bond donors (Lipinski definition) is 3. The van der Waals surface area contributed by atoms with Crippen molar-refractivity contribution < 1.29 is 23.5 Å². The van der Waals surface area contributed by atoms with Crippen LogP contribution in [-0.2, 0) is 26.2 Å². The summed E-state index contributed by atoms with van der Waals surface area (Å²) in [6.07, 6.45) is 7.09. The maximum Gasteiger partial charge on any atom is 0.276 e. The highest BCUT2D eigenvalue weighted by Gasteiger charge is 2.24. The first-order chi connectivity index (χ1) is 27.0. The quantitative estimate of drug-likeness (QED) is 0.140. The Morgan fingerprint density at radius 2 is 1.59 bits per heavy atom. The van der Waals surface area contributed by atoms with Gasteiger partial charge in [-0.2, -0.15) is 10.2 Å². The van der Waals surface area contributed by atoms with Crippen LogP contribution in [0.3, 0.4) is 0 Å². The van der Waals surface area contributed by atoms with E-state index in [1.165, 1.54) is 13.4 Å². The number of aryl methyl sites for hydroxylation is 4. The number of aromatic nitrogens is 9. The molecule has 5 N–H and O–H groups in total. The Labute approximate surface area is 318 Å². The van der Waals surface area contributed by atoms with Crippen LogP contribution < -0.4 is 21.5 Å². The predicted molar refractivity (Wildman–Crippen MR) is 209 cm³/mol. The SMILES string of the molecule is CCn1nc(C)cc1C(=O)Nc1nc2cc(C(N)=O)c3ccoc3c2n1C/C=C/Cn1c2nc(-c3cc(C)nn3CC)ncc2c2cc(C(N)=O)cc(OC)c21. The third-order valence-corrected chi connectivity index (χ3v) is 9.71. The third-order valence-electron chi connectivity index (χ3n) is 9.71. The summed E-state index contributed by atoms with van der Waals surface area (Å²) in [7, 11) is 1.53. The molecule has 0 atom stereocenters. The molecule has 6 aromatic heterocycles. The van der Waals surface area contributed by atoms with E-state index in [0.717, 1.165) is 11.4 Å². The van der Waals surface area contributed by atoms with Gasteiger partial charge in [0, 0.05) is 54.1 Å². The number of allylic oxidation sites excluding steroid dienone is 2. The van der Waals surface area contributed by atoms with Crippen molar-refractivity contribution in [3.63, 3.8) is 0 Å². The van der Waals surface area contributed by atoms with Crippen molar-refractivity contribution in [2.75, 3.05) is 12.4 Å². The average molecular weight is 755 g/mol. The number of furan rings is 1. The van der Waals surface area contributed by atoms with Gasteiger partial charge in [-0.15, -0.1) is 0 Å². The number of nitrogens with one attached hydrogen (secondary N) is 1. The zero-order chi connectivity index (χ0) is 39.4. The number of rotatable bonds is 12. The van der Waals surface area contributed by atoms with Crippen molar-refractivity contribution >= 4 is 67.6 Å². The van der Waals surface area contributed by atoms with Gasteiger partial charge in [-0.25, -0.2) is 15.0 Å². The minimum atomic E-state index is -0.633. The number of fused-ring (bicyclic) bond motifs is 6. The number of ether oxygens (including phenoxy) is 1. The van der Waals surface area contributed by atoms with Crippen molar-refractivity contribution in [3.05, 3.63) is 89.2 Å². The zero-order valence-electron chi connectivity index (χ0n) is 31.3. The third kappa shape index (κ3) is 5.89. The summed E-state index contributed by atoms with van der Waals surface area (Å²) in [5, 5.41) is 13.9. The number of imidazole rings is 1. The Kier molecular flexibility index (Phi) is 8.83. The minimum absolute atomic E-state index is 0.230. The molecule has 0 fully saturated rings. The van der Waals surface area contributed by atoms with Crippen LogP contribution in [0, 0.1) is 13.8 Å².